The summed E-state index contributed by atoms with van der Waals surface area (Å²) >= 11 is 0. The van der Waals surface area contributed by atoms with Gasteiger partial charge in [-0.15, -0.1) is 0 Å². The molecule has 0 aliphatic carbocycles. The van der Waals surface area contributed by atoms with Gasteiger partial charge in [0.1, 0.15) is 0 Å². The van der Waals surface area contributed by atoms with Gasteiger partial charge in [-0.25, -0.2) is 0 Å². The Kier molecular flexibility index (Phi) is 6.51. The van der Waals surface area contributed by atoms with Crippen LogP contribution < -0.4 is 0 Å². The van der Waals surface area contributed by atoms with Gasteiger partial charge < -0.3 is 19.3 Å². The van der Waals surface area contributed by atoms with E-state index >= 15 is 0 Å². The van der Waals surface area contributed by atoms with E-state index in [0.717, 1.165) is 26.1 Å². The molecule has 4 aliphatic heterocycles. The summed E-state index contributed by atoms with van der Waals surface area (Å²) in [7, 11) is 0. The van der Waals surface area contributed by atoms with Crippen molar-refractivity contribution in [3.8, 4) is 0 Å². The minimum atomic E-state index is 0.0936. The SMILES string of the molecule is c1ccc2c(c1)COC1(CCN(CCCCN3CCC4(CC3)Cc3ccccc3CO4)CC1)C2. The second-order valence-corrected chi connectivity index (χ2v) is 11.2. The Morgan fingerprint density at radius 2 is 0.941 bits per heavy atom. The normalized spacial score (nSPS) is 24.1. The monoisotopic (exact) mass is 460 g/mol. The summed E-state index contributed by atoms with van der Waals surface area (Å²) in [4.78, 5) is 5.35. The van der Waals surface area contributed by atoms with Crippen molar-refractivity contribution in [3.05, 3.63) is 70.8 Å². The fourth-order valence-electron chi connectivity index (χ4n) is 6.68. The molecular weight excluding hydrogens is 420 g/mol. The maximum Gasteiger partial charge on any atom is 0.0751 e. The smallest absolute Gasteiger partial charge is 0.0751 e. The van der Waals surface area contributed by atoms with E-state index in [2.05, 4.69) is 58.3 Å². The summed E-state index contributed by atoms with van der Waals surface area (Å²) in [6.07, 6.45) is 9.53. The average Bonchev–Trinajstić information content (AvgIpc) is 2.89. The number of likely N-dealkylation sites (tertiary alicyclic amines) is 2. The minimum absolute atomic E-state index is 0.0936. The fraction of sp³-hybridized carbons (Fsp3) is 0.600. The third kappa shape index (κ3) is 4.83. The number of benzene rings is 2. The van der Waals surface area contributed by atoms with Crippen molar-refractivity contribution in [2.24, 2.45) is 0 Å². The van der Waals surface area contributed by atoms with Crippen LogP contribution >= 0.6 is 0 Å². The van der Waals surface area contributed by atoms with E-state index in [9.17, 15) is 0 Å². The standard InChI is InChI=1S/C30H40N2O2/c1-3-9-27-23-33-29(21-25(27)7-1)11-17-31(18-12-29)15-5-6-16-32-19-13-30(14-20-32)22-26-8-2-4-10-28(26)24-34-30/h1-4,7-10H,5-6,11-24H2. The zero-order valence-electron chi connectivity index (χ0n) is 20.6. The third-order valence-corrected chi connectivity index (χ3v) is 9.06. The minimum Gasteiger partial charge on any atom is -0.370 e. The number of nitrogens with zero attached hydrogens (tertiary/aromatic N) is 2. The van der Waals surface area contributed by atoms with Gasteiger partial charge in [-0.1, -0.05) is 48.5 Å². The van der Waals surface area contributed by atoms with Gasteiger partial charge in [-0.3, -0.25) is 0 Å². The molecule has 0 aromatic heterocycles. The van der Waals surface area contributed by atoms with Crippen LogP contribution in [-0.4, -0.2) is 60.3 Å². The molecule has 2 spiro atoms. The van der Waals surface area contributed by atoms with Gasteiger partial charge in [-0.05, 0) is 73.9 Å². The van der Waals surface area contributed by atoms with Crippen LogP contribution in [0, 0.1) is 0 Å². The number of unbranched alkanes of at least 4 members (excludes halogenated alkanes) is 1. The summed E-state index contributed by atoms with van der Waals surface area (Å²) in [5.41, 5.74) is 5.98. The van der Waals surface area contributed by atoms with E-state index in [1.54, 1.807) is 0 Å². The Bertz CT molecular complexity index is 894. The van der Waals surface area contributed by atoms with Gasteiger partial charge in [0.25, 0.3) is 0 Å². The lowest BCUT2D eigenvalue weighted by Gasteiger charge is -2.45. The Morgan fingerprint density at radius 3 is 1.35 bits per heavy atom. The Labute approximate surface area is 205 Å². The first-order valence-electron chi connectivity index (χ1n) is 13.6. The quantitative estimate of drug-likeness (QED) is 0.588. The number of fused-ring (bicyclic) bond motifs is 2. The van der Waals surface area contributed by atoms with Crippen LogP contribution in [0.4, 0.5) is 0 Å². The second kappa shape index (κ2) is 9.73. The van der Waals surface area contributed by atoms with Crippen LogP contribution in [0.1, 0.15) is 60.8 Å². The first-order chi connectivity index (χ1) is 16.7. The number of hydrogen-bond acceptors (Lipinski definition) is 4. The lowest BCUT2D eigenvalue weighted by atomic mass is 9.81. The molecule has 2 aromatic rings. The molecule has 34 heavy (non-hydrogen) atoms. The first-order valence-corrected chi connectivity index (χ1v) is 13.6. The van der Waals surface area contributed by atoms with Gasteiger partial charge in [-0.2, -0.15) is 0 Å². The van der Waals surface area contributed by atoms with Crippen LogP contribution in [0.5, 0.6) is 0 Å². The van der Waals surface area contributed by atoms with Crippen LogP contribution in [0.25, 0.3) is 0 Å². The summed E-state index contributed by atoms with van der Waals surface area (Å²) in [6.45, 7) is 8.82. The highest BCUT2D eigenvalue weighted by molar-refractivity contribution is 5.31. The van der Waals surface area contributed by atoms with Crippen molar-refractivity contribution in [3.63, 3.8) is 0 Å². The van der Waals surface area contributed by atoms with Crippen molar-refractivity contribution < 1.29 is 9.47 Å². The molecule has 0 bridgehead atoms. The Morgan fingerprint density at radius 1 is 0.559 bits per heavy atom. The summed E-state index contributed by atoms with van der Waals surface area (Å²) in [5, 5.41) is 0. The molecule has 0 atom stereocenters. The molecule has 0 amide bonds. The van der Waals surface area contributed by atoms with Crippen molar-refractivity contribution in [1.82, 2.24) is 9.80 Å². The fourth-order valence-corrected chi connectivity index (χ4v) is 6.68. The van der Waals surface area contributed by atoms with E-state index in [0.29, 0.717) is 0 Å². The van der Waals surface area contributed by atoms with Crippen LogP contribution in [0.3, 0.4) is 0 Å². The molecule has 0 unspecified atom stereocenters. The van der Waals surface area contributed by atoms with E-state index < -0.39 is 0 Å². The first kappa shape index (κ1) is 22.7. The zero-order valence-corrected chi connectivity index (χ0v) is 20.6. The van der Waals surface area contributed by atoms with Gasteiger partial charge in [0.2, 0.25) is 0 Å². The average molecular weight is 461 g/mol. The number of rotatable bonds is 5. The molecular formula is C30H40N2O2. The number of hydrogen-bond donors (Lipinski definition) is 0. The van der Waals surface area contributed by atoms with Crippen molar-refractivity contribution >= 4 is 0 Å². The molecule has 2 saturated heterocycles. The van der Waals surface area contributed by atoms with Crippen LogP contribution in [-0.2, 0) is 35.5 Å². The highest BCUT2D eigenvalue weighted by Gasteiger charge is 2.39. The maximum atomic E-state index is 6.41. The van der Waals surface area contributed by atoms with Crippen molar-refractivity contribution in [2.75, 3.05) is 39.3 Å². The predicted octanol–water partition coefficient (Wildman–Crippen LogP) is 4.98. The van der Waals surface area contributed by atoms with Crippen LogP contribution in [0.2, 0.25) is 0 Å². The van der Waals surface area contributed by atoms with Crippen molar-refractivity contribution in [1.29, 1.82) is 0 Å². The van der Waals surface area contributed by atoms with E-state index in [4.69, 9.17) is 9.47 Å². The molecule has 6 rings (SSSR count). The molecule has 0 radical (unpaired) electrons. The zero-order chi connectivity index (χ0) is 22.8. The van der Waals surface area contributed by atoms with Gasteiger partial charge >= 0.3 is 0 Å². The lowest BCUT2D eigenvalue weighted by Crippen LogP contribution is -2.49. The maximum absolute atomic E-state index is 6.41. The van der Waals surface area contributed by atoms with E-state index in [-0.39, 0.29) is 11.2 Å². The molecule has 4 nitrogen and oxygen atoms in total. The predicted molar refractivity (Wildman–Crippen MR) is 136 cm³/mol. The second-order valence-electron chi connectivity index (χ2n) is 11.2. The summed E-state index contributed by atoms with van der Waals surface area (Å²) in [5.74, 6) is 0. The molecule has 0 N–H and O–H groups in total. The molecule has 182 valence electrons. The van der Waals surface area contributed by atoms with Gasteiger partial charge in [0, 0.05) is 39.0 Å². The van der Waals surface area contributed by atoms with E-state index in [1.165, 1.54) is 100 Å². The largest absolute Gasteiger partial charge is 0.370 e. The molecule has 0 saturated carbocycles. The molecule has 4 heterocycles. The van der Waals surface area contributed by atoms with Crippen molar-refractivity contribution in [2.45, 2.75) is 75.8 Å². The third-order valence-electron chi connectivity index (χ3n) is 9.06. The summed E-state index contributed by atoms with van der Waals surface area (Å²) < 4.78 is 12.8. The number of piperidine rings is 2. The summed E-state index contributed by atoms with van der Waals surface area (Å²) in [6, 6.07) is 17.7. The molecule has 4 heteroatoms. The lowest BCUT2D eigenvalue weighted by molar-refractivity contribution is -0.103. The topological polar surface area (TPSA) is 24.9 Å². The molecule has 2 fully saturated rings. The highest BCUT2D eigenvalue weighted by Crippen LogP contribution is 2.37. The highest BCUT2D eigenvalue weighted by atomic mass is 16.5. The van der Waals surface area contributed by atoms with Gasteiger partial charge in [0.05, 0.1) is 24.4 Å². The molecule has 4 aliphatic rings. The number of ether oxygens (including phenoxy) is 2. The Balaban J connectivity index is 0.894. The Hall–Kier alpha value is -1.72. The van der Waals surface area contributed by atoms with Gasteiger partial charge in [0.15, 0.2) is 0 Å². The van der Waals surface area contributed by atoms with E-state index in [1.807, 2.05) is 0 Å². The molecule has 2 aromatic carbocycles. The van der Waals surface area contributed by atoms with Crippen LogP contribution in [0.15, 0.2) is 48.5 Å².